The predicted octanol–water partition coefficient (Wildman–Crippen LogP) is 2.77. The Morgan fingerprint density at radius 2 is 2.00 bits per heavy atom. The van der Waals surface area contributed by atoms with Crippen LogP contribution in [0.2, 0.25) is 0 Å². The van der Waals surface area contributed by atoms with Crippen LogP contribution in [0.15, 0.2) is 36.4 Å². The van der Waals surface area contributed by atoms with E-state index in [2.05, 4.69) is 6.07 Å². The van der Waals surface area contributed by atoms with E-state index in [1.54, 1.807) is 6.92 Å². The van der Waals surface area contributed by atoms with Gasteiger partial charge in [-0.15, -0.1) is 0 Å². The van der Waals surface area contributed by atoms with Crippen LogP contribution in [0.1, 0.15) is 12.5 Å². The second-order valence-electron chi connectivity index (χ2n) is 3.47. The van der Waals surface area contributed by atoms with Gasteiger partial charge in [-0.3, -0.25) is 4.79 Å². The summed E-state index contributed by atoms with van der Waals surface area (Å²) in [5, 5.41) is 2.34. The van der Waals surface area contributed by atoms with Crippen LogP contribution < -0.4 is 0 Å². The third kappa shape index (κ3) is 1.82. The van der Waals surface area contributed by atoms with Crippen molar-refractivity contribution in [3.8, 4) is 0 Å². The number of hydrogen-bond acceptors (Lipinski definition) is 1. The quantitative estimate of drug-likeness (QED) is 0.699. The van der Waals surface area contributed by atoms with Gasteiger partial charge in [-0.25, -0.2) is 0 Å². The van der Waals surface area contributed by atoms with Gasteiger partial charge in [-0.05, 0) is 35.4 Å². The van der Waals surface area contributed by atoms with Gasteiger partial charge in [-0.1, -0.05) is 30.3 Å². The molecule has 0 saturated heterocycles. The number of carbonyl (C=O) groups excluding carboxylic acids is 1. The molecule has 2 aromatic carbocycles. The first kappa shape index (κ1) is 8.95. The van der Waals surface area contributed by atoms with Crippen LogP contribution in [0, 0.1) is 6.07 Å². The van der Waals surface area contributed by atoms with Crippen LogP contribution in [0.3, 0.4) is 0 Å². The largest absolute Gasteiger partial charge is 0.300 e. The van der Waals surface area contributed by atoms with E-state index in [1.807, 2.05) is 36.4 Å². The minimum Gasteiger partial charge on any atom is -0.300 e. The monoisotopic (exact) mass is 183 g/mol. The van der Waals surface area contributed by atoms with Gasteiger partial charge in [0, 0.05) is 6.42 Å². The Bertz CT molecular complexity index is 471. The van der Waals surface area contributed by atoms with Crippen LogP contribution in [-0.4, -0.2) is 5.78 Å². The van der Waals surface area contributed by atoms with E-state index < -0.39 is 0 Å². The molecule has 0 bridgehead atoms. The average molecular weight is 183 g/mol. The molecule has 1 heteroatoms. The van der Waals surface area contributed by atoms with Crippen molar-refractivity contribution in [1.29, 1.82) is 0 Å². The first-order valence-electron chi connectivity index (χ1n) is 4.64. The maximum Gasteiger partial charge on any atom is 0.134 e. The van der Waals surface area contributed by atoms with Crippen molar-refractivity contribution in [2.45, 2.75) is 13.3 Å². The van der Waals surface area contributed by atoms with Gasteiger partial charge in [-0.2, -0.15) is 0 Å². The number of carbonyl (C=O) groups is 1. The van der Waals surface area contributed by atoms with Gasteiger partial charge in [0.2, 0.25) is 0 Å². The summed E-state index contributed by atoms with van der Waals surface area (Å²) in [5.74, 6) is 0.177. The maximum absolute atomic E-state index is 10.9. The van der Waals surface area contributed by atoms with Gasteiger partial charge >= 0.3 is 0 Å². The molecule has 0 atom stereocenters. The highest BCUT2D eigenvalue weighted by Gasteiger charge is 1.99. The molecule has 69 valence electrons. The number of rotatable bonds is 2. The van der Waals surface area contributed by atoms with Crippen LogP contribution in [-0.2, 0) is 11.2 Å². The van der Waals surface area contributed by atoms with E-state index in [0.29, 0.717) is 6.42 Å². The minimum absolute atomic E-state index is 0.177. The fourth-order valence-corrected chi connectivity index (χ4v) is 1.54. The minimum atomic E-state index is 0.177. The zero-order valence-electron chi connectivity index (χ0n) is 8.08. The van der Waals surface area contributed by atoms with Crippen LogP contribution >= 0.6 is 0 Å². The summed E-state index contributed by atoms with van der Waals surface area (Å²) < 4.78 is 0. The molecule has 2 rings (SSSR count). The van der Waals surface area contributed by atoms with Crippen LogP contribution in [0.25, 0.3) is 10.8 Å². The molecule has 0 fully saturated rings. The van der Waals surface area contributed by atoms with E-state index in [-0.39, 0.29) is 5.78 Å². The lowest BCUT2D eigenvalue weighted by Gasteiger charge is -2.00. The van der Waals surface area contributed by atoms with E-state index >= 15 is 0 Å². The standard InChI is InChI=1S/C13H11O/c1-10(14)8-11-6-7-12-4-2-3-5-13(12)9-11/h2-5,7,9H,8H2,1H3. The molecule has 0 unspecified atom stereocenters. The Kier molecular flexibility index (Phi) is 2.32. The van der Waals surface area contributed by atoms with Crippen molar-refractivity contribution in [2.24, 2.45) is 0 Å². The average Bonchev–Trinajstić information content (AvgIpc) is 2.17. The summed E-state index contributed by atoms with van der Waals surface area (Å²) in [5.41, 5.74) is 0.969. The molecule has 0 N–H and O–H groups in total. The summed E-state index contributed by atoms with van der Waals surface area (Å²) in [7, 11) is 0. The third-order valence-corrected chi connectivity index (χ3v) is 2.18. The Hall–Kier alpha value is -1.63. The number of fused-ring (bicyclic) bond motifs is 1. The molecule has 1 nitrogen and oxygen atoms in total. The van der Waals surface area contributed by atoms with Crippen molar-refractivity contribution in [3.05, 3.63) is 48.0 Å². The number of benzene rings is 2. The normalized spacial score (nSPS) is 10.4. The van der Waals surface area contributed by atoms with Gasteiger partial charge in [0.05, 0.1) is 0 Å². The molecule has 0 aliphatic carbocycles. The summed E-state index contributed by atoms with van der Waals surface area (Å²) in [4.78, 5) is 10.9. The molecule has 14 heavy (non-hydrogen) atoms. The van der Waals surface area contributed by atoms with Gasteiger partial charge in [0.1, 0.15) is 5.78 Å². The summed E-state index contributed by atoms with van der Waals surface area (Å²) >= 11 is 0. The highest BCUT2D eigenvalue weighted by Crippen LogP contribution is 2.15. The Morgan fingerprint density at radius 3 is 2.71 bits per heavy atom. The second kappa shape index (κ2) is 3.62. The number of ketones is 1. The molecule has 1 radical (unpaired) electrons. The van der Waals surface area contributed by atoms with E-state index in [4.69, 9.17) is 0 Å². The lowest BCUT2D eigenvalue weighted by atomic mass is 10.0. The maximum atomic E-state index is 10.9. The Morgan fingerprint density at radius 1 is 1.29 bits per heavy atom. The van der Waals surface area contributed by atoms with Crippen molar-refractivity contribution < 1.29 is 4.79 Å². The molecule has 0 amide bonds. The van der Waals surface area contributed by atoms with Crippen LogP contribution in [0.5, 0.6) is 0 Å². The van der Waals surface area contributed by atoms with Crippen molar-refractivity contribution >= 4 is 16.6 Å². The highest BCUT2D eigenvalue weighted by molar-refractivity contribution is 5.85. The van der Waals surface area contributed by atoms with Crippen molar-refractivity contribution in [1.82, 2.24) is 0 Å². The van der Waals surface area contributed by atoms with Crippen LogP contribution in [0.4, 0.5) is 0 Å². The summed E-state index contributed by atoms with van der Waals surface area (Å²) in [6.45, 7) is 1.60. The van der Waals surface area contributed by atoms with Crippen molar-refractivity contribution in [2.75, 3.05) is 0 Å². The summed E-state index contributed by atoms with van der Waals surface area (Å²) in [6, 6.07) is 15.2. The molecule has 0 aliphatic heterocycles. The molecule has 2 aromatic rings. The molecule has 0 saturated carbocycles. The first-order chi connectivity index (χ1) is 6.75. The second-order valence-corrected chi connectivity index (χ2v) is 3.47. The zero-order chi connectivity index (χ0) is 9.97. The molecule has 0 aliphatic rings. The summed E-state index contributed by atoms with van der Waals surface area (Å²) in [6.07, 6.45) is 0.477. The predicted molar refractivity (Wildman–Crippen MR) is 57.2 cm³/mol. The molecular weight excluding hydrogens is 172 g/mol. The molecule has 0 heterocycles. The SMILES string of the molecule is CC(=O)Cc1[c]cc2ccccc2c1. The highest BCUT2D eigenvalue weighted by atomic mass is 16.1. The van der Waals surface area contributed by atoms with E-state index in [0.717, 1.165) is 5.56 Å². The van der Waals surface area contributed by atoms with Gasteiger partial charge in [0.15, 0.2) is 0 Å². The van der Waals surface area contributed by atoms with E-state index in [9.17, 15) is 4.79 Å². The molecule has 0 spiro atoms. The van der Waals surface area contributed by atoms with Gasteiger partial charge < -0.3 is 0 Å². The lowest BCUT2D eigenvalue weighted by molar-refractivity contribution is -0.116. The number of hydrogen-bond donors (Lipinski definition) is 0. The third-order valence-electron chi connectivity index (χ3n) is 2.18. The number of Topliss-reactive ketones (excluding diaryl/α,β-unsaturated/α-hetero) is 1. The Balaban J connectivity index is 2.46. The fraction of sp³-hybridized carbons (Fsp3) is 0.154. The molecule has 0 aromatic heterocycles. The first-order valence-corrected chi connectivity index (χ1v) is 4.64. The smallest absolute Gasteiger partial charge is 0.134 e. The fourth-order valence-electron chi connectivity index (χ4n) is 1.54. The van der Waals surface area contributed by atoms with Gasteiger partial charge in [0.25, 0.3) is 0 Å². The topological polar surface area (TPSA) is 17.1 Å². The van der Waals surface area contributed by atoms with Crippen molar-refractivity contribution in [3.63, 3.8) is 0 Å². The van der Waals surface area contributed by atoms with E-state index in [1.165, 1.54) is 10.8 Å². The molecular formula is C13H11O. The lowest BCUT2D eigenvalue weighted by Crippen LogP contribution is -1.95. The zero-order valence-corrected chi connectivity index (χ0v) is 8.08. The Labute approximate surface area is 83.4 Å².